The van der Waals surface area contributed by atoms with Gasteiger partial charge in [0.15, 0.2) is 0 Å². The molecule has 0 saturated heterocycles. The summed E-state index contributed by atoms with van der Waals surface area (Å²) in [6.45, 7) is 5.48. The van der Waals surface area contributed by atoms with Crippen LogP contribution in [0, 0.1) is 0 Å². The van der Waals surface area contributed by atoms with Crippen LogP contribution in [0.1, 0.15) is 39.1 Å². The molecule has 0 aliphatic carbocycles. The van der Waals surface area contributed by atoms with Gasteiger partial charge in [0.1, 0.15) is 5.82 Å². The average Bonchev–Trinajstić information content (AvgIpc) is 3.13. The number of nitrogens with zero attached hydrogens (tertiary/aromatic N) is 5. The molecule has 3 N–H and O–H groups in total. The summed E-state index contributed by atoms with van der Waals surface area (Å²) >= 11 is 0.780. The first kappa shape index (κ1) is 19.1. The maximum Gasteiger partial charge on any atom is 0.453 e. The quantitative estimate of drug-likeness (QED) is 0.591. The molecule has 0 aliphatic heterocycles. The number of nitrogens with two attached hydrogens (primary N) is 1. The van der Waals surface area contributed by atoms with Crippen LogP contribution in [0.2, 0.25) is 0 Å². The number of aromatic nitrogens is 5. The van der Waals surface area contributed by atoms with Gasteiger partial charge in [-0.1, -0.05) is 18.7 Å². The highest BCUT2D eigenvalue weighted by atomic mass is 32.2. The lowest BCUT2D eigenvalue weighted by Gasteiger charge is -2.16. The molecular weight excluding hydrogens is 359 g/mol. The molecule has 2 rings (SSSR count). The molecule has 1 amide bonds. The molecule has 138 valence electrons. The van der Waals surface area contributed by atoms with Gasteiger partial charge in [-0.2, -0.15) is 18.3 Å². The van der Waals surface area contributed by atoms with E-state index in [1.807, 2.05) is 13.8 Å². The Morgan fingerprint density at radius 1 is 1.40 bits per heavy atom. The molecule has 2 atom stereocenters. The highest BCUT2D eigenvalue weighted by Crippen LogP contribution is 2.30. The van der Waals surface area contributed by atoms with E-state index in [0.29, 0.717) is 10.5 Å². The van der Waals surface area contributed by atoms with Crippen LogP contribution in [0.5, 0.6) is 0 Å². The Hall–Kier alpha value is -2.24. The van der Waals surface area contributed by atoms with Crippen molar-refractivity contribution in [2.45, 2.75) is 49.8 Å². The second-order valence-electron chi connectivity index (χ2n) is 5.34. The highest BCUT2D eigenvalue weighted by Gasteiger charge is 2.38. The van der Waals surface area contributed by atoms with Gasteiger partial charge >= 0.3 is 6.18 Å². The van der Waals surface area contributed by atoms with Crippen molar-refractivity contribution in [3.63, 3.8) is 0 Å². The molecule has 2 aromatic rings. The zero-order valence-corrected chi connectivity index (χ0v) is 14.6. The lowest BCUT2D eigenvalue weighted by Crippen LogP contribution is -2.26. The first-order valence-electron chi connectivity index (χ1n) is 7.43. The van der Waals surface area contributed by atoms with Crippen molar-refractivity contribution in [2.24, 2.45) is 0 Å². The molecule has 8 nitrogen and oxygen atoms in total. The summed E-state index contributed by atoms with van der Waals surface area (Å²) < 4.78 is 40.0. The van der Waals surface area contributed by atoms with E-state index in [-0.39, 0.29) is 11.2 Å². The van der Waals surface area contributed by atoms with Gasteiger partial charge in [0.05, 0.1) is 17.5 Å². The number of halogens is 3. The molecule has 0 aromatic carbocycles. The minimum Gasteiger partial charge on any atom is -0.335 e. The number of alkyl halides is 3. The van der Waals surface area contributed by atoms with Gasteiger partial charge in [-0.25, -0.2) is 9.36 Å². The molecule has 0 bridgehead atoms. The summed E-state index contributed by atoms with van der Waals surface area (Å²) in [5, 5.41) is 12.3. The summed E-state index contributed by atoms with van der Waals surface area (Å²) in [6, 6.07) is 1.74. The third-order valence-corrected chi connectivity index (χ3v) is 4.56. The van der Waals surface area contributed by atoms with Crippen LogP contribution >= 0.6 is 11.8 Å². The Morgan fingerprint density at radius 2 is 2.08 bits per heavy atom. The zero-order chi connectivity index (χ0) is 18.8. The minimum atomic E-state index is -4.71. The van der Waals surface area contributed by atoms with Gasteiger partial charge in [0.2, 0.25) is 11.1 Å². The number of rotatable bonds is 6. The number of hydrogen-bond donors (Lipinski definition) is 2. The monoisotopic (exact) mass is 377 g/mol. The van der Waals surface area contributed by atoms with Gasteiger partial charge in [0.25, 0.3) is 5.82 Å². The van der Waals surface area contributed by atoms with Crippen molar-refractivity contribution in [3.8, 4) is 0 Å². The molecule has 2 aromatic heterocycles. The molecule has 12 heteroatoms. The molecule has 2 heterocycles. The van der Waals surface area contributed by atoms with E-state index in [2.05, 4.69) is 20.6 Å². The molecular formula is C13H18F3N7OS. The average molecular weight is 377 g/mol. The summed E-state index contributed by atoms with van der Waals surface area (Å²) in [6.07, 6.45) is -2.33. The normalized spacial score (nSPS) is 14.3. The number of nitrogen functional groups attached to an aromatic ring is 1. The molecule has 0 spiro atoms. The van der Waals surface area contributed by atoms with Crippen molar-refractivity contribution in [1.82, 2.24) is 24.7 Å². The van der Waals surface area contributed by atoms with Crippen LogP contribution < -0.4 is 11.2 Å². The highest BCUT2D eigenvalue weighted by molar-refractivity contribution is 8.00. The number of thioether (sulfide) groups is 1. The second kappa shape index (κ2) is 7.33. The van der Waals surface area contributed by atoms with Gasteiger partial charge in [-0.15, -0.1) is 10.2 Å². The van der Waals surface area contributed by atoms with E-state index in [1.54, 1.807) is 16.9 Å². The second-order valence-corrected chi connectivity index (χ2v) is 6.65. The maximum atomic E-state index is 12.7. The van der Waals surface area contributed by atoms with E-state index in [0.717, 1.165) is 18.2 Å². The molecule has 0 unspecified atom stereocenters. The van der Waals surface area contributed by atoms with Crippen LogP contribution in [0.4, 0.5) is 19.0 Å². The van der Waals surface area contributed by atoms with E-state index in [4.69, 9.17) is 5.84 Å². The molecule has 25 heavy (non-hydrogen) atoms. The fourth-order valence-electron chi connectivity index (χ4n) is 1.93. The fourth-order valence-corrected chi connectivity index (χ4v) is 2.70. The van der Waals surface area contributed by atoms with E-state index in [1.165, 1.54) is 6.92 Å². The third-order valence-electron chi connectivity index (χ3n) is 3.50. The smallest absolute Gasteiger partial charge is 0.335 e. The van der Waals surface area contributed by atoms with Gasteiger partial charge < -0.3 is 11.2 Å². The molecule has 0 aliphatic rings. The van der Waals surface area contributed by atoms with Crippen molar-refractivity contribution >= 4 is 23.5 Å². The minimum absolute atomic E-state index is 0.0924. The maximum absolute atomic E-state index is 12.7. The number of nitrogens with one attached hydrogen (secondary N) is 1. The van der Waals surface area contributed by atoms with Crippen LogP contribution in [-0.2, 0) is 11.0 Å². The number of carbonyl (C=O) groups excluding carboxylic acids is 1. The van der Waals surface area contributed by atoms with E-state index < -0.39 is 23.2 Å². The summed E-state index contributed by atoms with van der Waals surface area (Å²) in [7, 11) is 0. The Labute approximate surface area is 145 Å². The van der Waals surface area contributed by atoms with Crippen molar-refractivity contribution in [3.05, 3.63) is 18.1 Å². The first-order chi connectivity index (χ1) is 11.6. The number of carbonyl (C=O) groups is 1. The third kappa shape index (κ3) is 4.24. The Bertz CT molecular complexity index is 742. The fraction of sp³-hybridized carbons (Fsp3) is 0.538. The van der Waals surface area contributed by atoms with Crippen LogP contribution in [0.3, 0.4) is 0 Å². The van der Waals surface area contributed by atoms with Gasteiger partial charge in [0, 0.05) is 6.07 Å². The molecule has 0 saturated carbocycles. The van der Waals surface area contributed by atoms with Gasteiger partial charge in [-0.3, -0.25) is 4.79 Å². The SMILES string of the molecule is CC[C@@H](C)n1nccc1NC(=O)[C@@H](C)Sc1nnc(C(F)(F)F)n1N. The van der Waals surface area contributed by atoms with Crippen molar-refractivity contribution in [2.75, 3.05) is 11.2 Å². The Balaban J connectivity index is 2.07. The van der Waals surface area contributed by atoms with Gasteiger partial charge in [-0.05, 0) is 20.3 Å². The van der Waals surface area contributed by atoms with E-state index >= 15 is 0 Å². The predicted octanol–water partition coefficient (Wildman–Crippen LogP) is 2.30. The zero-order valence-electron chi connectivity index (χ0n) is 13.8. The number of hydrogen-bond acceptors (Lipinski definition) is 6. The number of anilines is 1. The largest absolute Gasteiger partial charge is 0.453 e. The first-order valence-corrected chi connectivity index (χ1v) is 8.31. The summed E-state index contributed by atoms with van der Waals surface area (Å²) in [4.78, 5) is 12.3. The van der Waals surface area contributed by atoms with Crippen molar-refractivity contribution < 1.29 is 18.0 Å². The lowest BCUT2D eigenvalue weighted by molar-refractivity contribution is -0.146. The van der Waals surface area contributed by atoms with Crippen LogP contribution in [-0.4, -0.2) is 35.8 Å². The Kier molecular flexibility index (Phi) is 5.60. The van der Waals surface area contributed by atoms with Crippen LogP contribution in [0.25, 0.3) is 0 Å². The van der Waals surface area contributed by atoms with E-state index in [9.17, 15) is 18.0 Å². The summed E-state index contributed by atoms with van der Waals surface area (Å²) in [5.41, 5.74) is 0. The standard InChI is InChI=1S/C13H18F3N7OS/c1-4-7(2)23-9(5-6-18-23)19-10(24)8(3)25-12-21-20-11(22(12)17)13(14,15)16/h5-8H,4,17H2,1-3H3,(H,19,24)/t7-,8-/m1/s1. The lowest BCUT2D eigenvalue weighted by atomic mass is 10.3. The predicted molar refractivity (Wildman–Crippen MR) is 86.4 cm³/mol. The molecule has 0 radical (unpaired) electrons. The summed E-state index contributed by atoms with van der Waals surface area (Å²) in [5.74, 6) is 4.14. The molecule has 0 fully saturated rings. The Morgan fingerprint density at radius 3 is 2.64 bits per heavy atom. The number of amides is 1. The van der Waals surface area contributed by atoms with Crippen molar-refractivity contribution in [1.29, 1.82) is 0 Å². The van der Waals surface area contributed by atoms with Crippen LogP contribution in [0.15, 0.2) is 17.4 Å². The topological polar surface area (TPSA) is 104 Å².